The van der Waals surface area contributed by atoms with E-state index in [0.29, 0.717) is 18.9 Å². The van der Waals surface area contributed by atoms with E-state index in [-0.39, 0.29) is 24.0 Å². The Labute approximate surface area is 209 Å². The predicted octanol–water partition coefficient (Wildman–Crippen LogP) is 1.34. The number of nitrogens with zero attached hydrogens (tertiary/aromatic N) is 2. The molecule has 0 aliphatic heterocycles. The lowest BCUT2D eigenvalue weighted by molar-refractivity contribution is -0.227. The van der Waals surface area contributed by atoms with Crippen LogP contribution >= 0.6 is 0 Å². The van der Waals surface area contributed by atoms with E-state index in [0.717, 1.165) is 0 Å². The zero-order chi connectivity index (χ0) is 26.8. The third kappa shape index (κ3) is 3.17. The monoisotopic (exact) mass is 500 g/mol. The molecule has 0 saturated heterocycles. The van der Waals surface area contributed by atoms with Crippen LogP contribution in [0.25, 0.3) is 5.53 Å². The third-order valence-corrected chi connectivity index (χ3v) is 9.01. The fourth-order valence-corrected chi connectivity index (χ4v) is 7.38. The highest BCUT2D eigenvalue weighted by Gasteiger charge is 2.88. The van der Waals surface area contributed by atoms with Gasteiger partial charge in [0.15, 0.2) is 11.4 Å². The highest BCUT2D eigenvalue weighted by atomic mass is 16.6. The van der Waals surface area contributed by atoms with Gasteiger partial charge in [0, 0.05) is 41.9 Å². The van der Waals surface area contributed by atoms with Gasteiger partial charge in [-0.05, 0) is 24.5 Å². The second-order valence-electron chi connectivity index (χ2n) is 11.1. The van der Waals surface area contributed by atoms with Crippen molar-refractivity contribution in [3.63, 3.8) is 0 Å². The Hall–Kier alpha value is -2.94. The quantitative estimate of drug-likeness (QED) is 0.181. The number of ketones is 1. The van der Waals surface area contributed by atoms with E-state index in [1.165, 1.54) is 13.0 Å². The Morgan fingerprint density at radius 1 is 1.28 bits per heavy atom. The van der Waals surface area contributed by atoms with E-state index >= 15 is 0 Å². The maximum Gasteiger partial charge on any atom is 0.414 e. The highest BCUT2D eigenvalue weighted by Crippen LogP contribution is 2.77. The number of aliphatic hydroxyl groups is 2. The molecule has 0 radical (unpaired) electrons. The zero-order valence-electron chi connectivity index (χ0n) is 21.1. The van der Waals surface area contributed by atoms with E-state index < -0.39 is 69.7 Å². The summed E-state index contributed by atoms with van der Waals surface area (Å²) in [6, 6.07) is 0. The van der Waals surface area contributed by atoms with Gasteiger partial charge >= 0.3 is 18.2 Å². The average molecular weight is 501 g/mol. The molecular weight excluding hydrogens is 468 g/mol. The largest absolute Gasteiger partial charge is 0.454 e. The minimum atomic E-state index is -2.06. The summed E-state index contributed by atoms with van der Waals surface area (Å²) in [5.41, 5.74) is 3.17. The van der Waals surface area contributed by atoms with Crippen LogP contribution in [0.2, 0.25) is 0 Å². The van der Waals surface area contributed by atoms with Gasteiger partial charge in [-0.2, -0.15) is 4.79 Å². The first kappa shape index (κ1) is 26.1. The van der Waals surface area contributed by atoms with E-state index in [1.807, 2.05) is 20.8 Å². The molecule has 4 rings (SSSR count). The molecule has 4 aliphatic rings. The summed E-state index contributed by atoms with van der Waals surface area (Å²) in [5, 5.41) is 24.1. The van der Waals surface area contributed by atoms with Crippen LogP contribution in [0, 0.1) is 29.1 Å². The molecule has 36 heavy (non-hydrogen) atoms. The molecule has 4 aliphatic carbocycles. The summed E-state index contributed by atoms with van der Waals surface area (Å²) in [7, 11) is 0. The minimum absolute atomic E-state index is 0.126. The standard InChI is InChI=1S/C26H32N2O8/c1-6-7-18(30)36-26-20(23(26,4)5)16-9-15(12-29)10-24(33)17(8-13(2)21(24)32)25(16,34)14(3)22(26)35-19(31)11-28-27/h8-9,11-12,14,16-17,20,22,33-34H,6-7,10H2,1-5H3/t14-,16+,17-,20-,22-,24-,25-,26-/m1/s1. The predicted molar refractivity (Wildman–Crippen MR) is 124 cm³/mol. The van der Waals surface area contributed by atoms with Crippen molar-refractivity contribution in [3.8, 4) is 0 Å². The van der Waals surface area contributed by atoms with Gasteiger partial charge in [-0.3, -0.25) is 14.4 Å². The van der Waals surface area contributed by atoms with Crippen LogP contribution in [0.3, 0.4) is 0 Å². The lowest BCUT2D eigenvalue weighted by Gasteiger charge is -2.52. The number of esters is 2. The van der Waals surface area contributed by atoms with Crippen LogP contribution in [-0.2, 0) is 28.7 Å². The molecule has 0 aromatic heterocycles. The van der Waals surface area contributed by atoms with Gasteiger partial charge in [-0.25, -0.2) is 4.79 Å². The van der Waals surface area contributed by atoms with Gasteiger partial charge in [0.2, 0.25) is 0 Å². The molecule has 0 aromatic carbocycles. The van der Waals surface area contributed by atoms with Gasteiger partial charge < -0.3 is 25.2 Å². The second kappa shape index (κ2) is 8.30. The Morgan fingerprint density at radius 3 is 2.53 bits per heavy atom. The molecule has 0 aromatic rings. The summed E-state index contributed by atoms with van der Waals surface area (Å²) < 4.78 is 11.8. The molecule has 10 nitrogen and oxygen atoms in total. The number of carbonyl (C=O) groups is 4. The van der Waals surface area contributed by atoms with Crippen molar-refractivity contribution in [2.45, 2.75) is 76.8 Å². The van der Waals surface area contributed by atoms with Gasteiger partial charge in [-0.1, -0.05) is 39.8 Å². The van der Waals surface area contributed by atoms with Crippen LogP contribution in [-0.4, -0.2) is 68.1 Å². The zero-order valence-corrected chi connectivity index (χ0v) is 21.1. The maximum atomic E-state index is 13.1. The molecule has 0 amide bonds. The number of rotatable bonds is 6. The molecule has 2 fully saturated rings. The van der Waals surface area contributed by atoms with E-state index in [9.17, 15) is 29.4 Å². The topological polar surface area (TPSA) is 164 Å². The molecule has 2 N–H and O–H groups in total. The molecule has 0 unspecified atom stereocenters. The van der Waals surface area contributed by atoms with Crippen molar-refractivity contribution in [2.24, 2.45) is 29.1 Å². The average Bonchev–Trinajstić information content (AvgIpc) is 3.23. The smallest absolute Gasteiger partial charge is 0.414 e. The molecule has 2 saturated carbocycles. The fourth-order valence-electron chi connectivity index (χ4n) is 7.38. The van der Waals surface area contributed by atoms with Crippen LogP contribution in [0.1, 0.15) is 53.9 Å². The Balaban J connectivity index is 1.95. The number of hydrogen-bond donors (Lipinski definition) is 2. The molecule has 8 atom stereocenters. The maximum absolute atomic E-state index is 13.1. The van der Waals surface area contributed by atoms with Crippen molar-refractivity contribution in [3.05, 3.63) is 28.8 Å². The summed E-state index contributed by atoms with van der Waals surface area (Å²) in [4.78, 5) is 53.1. The van der Waals surface area contributed by atoms with Gasteiger partial charge in [0.1, 0.15) is 18.0 Å². The lowest BCUT2D eigenvalue weighted by Crippen LogP contribution is -2.66. The number of fused-ring (bicyclic) bond motifs is 5. The SMILES string of the molecule is CCCC(=O)O[C@@]12[C@H](OC(=O)C=[N+]=[N-])[C@@H](C)[C@@]3(O)[C@@H](C=C(C=O)C[C@]4(O)C(=O)C(C)=C[C@@H]34)[C@@H]1C2(C)C. The first-order valence-corrected chi connectivity index (χ1v) is 12.2. The summed E-state index contributed by atoms with van der Waals surface area (Å²) in [6.45, 7) is 8.61. The first-order valence-electron chi connectivity index (χ1n) is 12.2. The number of hydrogen-bond acceptors (Lipinski definition) is 8. The molecule has 194 valence electrons. The molecular formula is C26H32N2O8. The van der Waals surface area contributed by atoms with Crippen LogP contribution < -0.4 is 0 Å². The normalized spacial score (nSPS) is 41.8. The summed E-state index contributed by atoms with van der Waals surface area (Å²) >= 11 is 0. The van der Waals surface area contributed by atoms with Gasteiger partial charge in [0.05, 0.1) is 5.60 Å². The number of ether oxygens (including phenoxy) is 2. The third-order valence-electron chi connectivity index (χ3n) is 9.01. The van der Waals surface area contributed by atoms with Crippen LogP contribution in [0.4, 0.5) is 0 Å². The fraction of sp³-hybridized carbons (Fsp3) is 0.654. The highest BCUT2D eigenvalue weighted by molar-refractivity contribution is 6.20. The molecule has 0 bridgehead atoms. The molecule has 10 heteroatoms. The van der Waals surface area contributed by atoms with Crippen molar-refractivity contribution in [1.82, 2.24) is 0 Å². The Bertz CT molecular complexity index is 1150. The van der Waals surface area contributed by atoms with Crippen LogP contribution in [0.5, 0.6) is 0 Å². The van der Waals surface area contributed by atoms with Gasteiger partial charge in [-0.15, -0.1) is 0 Å². The van der Waals surface area contributed by atoms with Crippen molar-refractivity contribution >= 4 is 30.2 Å². The van der Waals surface area contributed by atoms with Crippen molar-refractivity contribution < 1.29 is 43.7 Å². The summed E-state index contributed by atoms with van der Waals surface area (Å²) in [5.74, 6) is -5.60. The van der Waals surface area contributed by atoms with Crippen LogP contribution in [0.15, 0.2) is 23.3 Å². The number of carbonyl (C=O) groups excluding carboxylic acids is 4. The molecule has 0 heterocycles. The van der Waals surface area contributed by atoms with Crippen molar-refractivity contribution in [1.29, 1.82) is 0 Å². The Kier molecular flexibility index (Phi) is 6.02. The van der Waals surface area contributed by atoms with E-state index in [4.69, 9.17) is 15.0 Å². The number of Topliss-reactive ketones (excluding diaryl/α,β-unsaturated/α-hetero) is 1. The summed E-state index contributed by atoms with van der Waals surface area (Å²) in [6.07, 6.45) is 3.39. The number of aldehydes is 1. The lowest BCUT2D eigenvalue weighted by atomic mass is 9.59. The second-order valence-corrected chi connectivity index (χ2v) is 11.1. The van der Waals surface area contributed by atoms with E-state index in [2.05, 4.69) is 4.79 Å². The molecule has 0 spiro atoms. The Morgan fingerprint density at radius 2 is 1.94 bits per heavy atom. The van der Waals surface area contributed by atoms with E-state index in [1.54, 1.807) is 13.0 Å². The van der Waals surface area contributed by atoms with Crippen molar-refractivity contribution in [2.75, 3.05) is 0 Å². The van der Waals surface area contributed by atoms with Gasteiger partial charge in [0.25, 0.3) is 0 Å². The first-order chi connectivity index (χ1) is 16.8. The minimum Gasteiger partial charge on any atom is -0.454 e.